The number of aromatic carboxylic acids is 1. The maximum atomic E-state index is 11.1. The van der Waals surface area contributed by atoms with E-state index in [0.29, 0.717) is 23.3 Å². The number of hydrogen-bond acceptors (Lipinski definition) is 4. The van der Waals surface area contributed by atoms with Gasteiger partial charge in [-0.1, -0.05) is 6.07 Å². The van der Waals surface area contributed by atoms with Crippen LogP contribution in [-0.4, -0.2) is 35.3 Å². The normalized spacial score (nSPS) is 11.6. The van der Waals surface area contributed by atoms with Gasteiger partial charge in [0.15, 0.2) is 0 Å². The van der Waals surface area contributed by atoms with Crippen molar-refractivity contribution in [2.45, 2.75) is 19.4 Å². The number of rotatable bonds is 5. The summed E-state index contributed by atoms with van der Waals surface area (Å²) in [5.74, 6) is -0.246. The van der Waals surface area contributed by atoms with Gasteiger partial charge in [0.2, 0.25) is 0 Å². The van der Waals surface area contributed by atoms with Gasteiger partial charge in [0.25, 0.3) is 0 Å². The van der Waals surface area contributed by atoms with Crippen molar-refractivity contribution in [1.82, 2.24) is 4.98 Å². The highest BCUT2D eigenvalue weighted by Gasteiger charge is 2.16. The summed E-state index contributed by atoms with van der Waals surface area (Å²) in [6.45, 7) is 4.56. The Hall–Kier alpha value is -2.14. The molecule has 1 heterocycles. The van der Waals surface area contributed by atoms with E-state index in [1.165, 1.54) is 0 Å². The van der Waals surface area contributed by atoms with Crippen LogP contribution in [0, 0.1) is 0 Å². The van der Waals surface area contributed by atoms with Crippen LogP contribution in [0.25, 0.3) is 10.9 Å². The first-order chi connectivity index (χ1) is 9.43. The minimum absolute atomic E-state index is 0.263. The second kappa shape index (κ2) is 5.46. The van der Waals surface area contributed by atoms with Gasteiger partial charge in [-0.05, 0) is 38.1 Å². The summed E-state index contributed by atoms with van der Waals surface area (Å²) in [6.07, 6.45) is 0. The second-order valence-electron chi connectivity index (χ2n) is 5.19. The van der Waals surface area contributed by atoms with E-state index in [-0.39, 0.29) is 11.2 Å². The molecular formula is C15H18N2O3. The highest BCUT2D eigenvalue weighted by molar-refractivity contribution is 6.02. The Balaban J connectivity index is 2.29. The molecule has 5 heteroatoms. The van der Waals surface area contributed by atoms with Crippen LogP contribution in [0.5, 0.6) is 0 Å². The van der Waals surface area contributed by atoms with E-state index in [0.717, 1.165) is 0 Å². The maximum Gasteiger partial charge on any atom is 0.336 e. The van der Waals surface area contributed by atoms with E-state index in [9.17, 15) is 4.79 Å². The molecule has 0 amide bonds. The highest BCUT2D eigenvalue weighted by Crippen LogP contribution is 2.20. The average molecular weight is 274 g/mol. The van der Waals surface area contributed by atoms with E-state index in [1.54, 1.807) is 37.4 Å². The molecule has 0 spiro atoms. The van der Waals surface area contributed by atoms with E-state index in [1.807, 2.05) is 13.8 Å². The third-order valence-corrected chi connectivity index (χ3v) is 3.21. The lowest BCUT2D eigenvalue weighted by atomic mass is 10.1. The molecule has 0 saturated heterocycles. The third-order valence-electron chi connectivity index (χ3n) is 3.21. The number of nitrogens with one attached hydrogen (secondary N) is 1. The number of benzene rings is 1. The Kier molecular flexibility index (Phi) is 3.90. The molecule has 0 bridgehead atoms. The smallest absolute Gasteiger partial charge is 0.336 e. The molecule has 1 aromatic heterocycles. The van der Waals surface area contributed by atoms with Crippen molar-refractivity contribution in [2.75, 3.05) is 19.0 Å². The van der Waals surface area contributed by atoms with Gasteiger partial charge in [-0.25, -0.2) is 9.78 Å². The SMILES string of the molecule is COC(C)(C)CNc1ccc2c(C(=O)O)cccc2n1. The molecule has 2 aromatic rings. The number of anilines is 1. The molecule has 20 heavy (non-hydrogen) atoms. The molecule has 0 aliphatic rings. The summed E-state index contributed by atoms with van der Waals surface area (Å²) >= 11 is 0. The van der Waals surface area contributed by atoms with E-state index >= 15 is 0 Å². The Morgan fingerprint density at radius 2 is 2.10 bits per heavy atom. The lowest BCUT2D eigenvalue weighted by molar-refractivity contribution is 0.0343. The number of methoxy groups -OCH3 is 1. The van der Waals surface area contributed by atoms with Gasteiger partial charge in [0.05, 0.1) is 16.7 Å². The summed E-state index contributed by atoms with van der Waals surface area (Å²) < 4.78 is 5.33. The van der Waals surface area contributed by atoms with Crippen molar-refractivity contribution in [3.8, 4) is 0 Å². The van der Waals surface area contributed by atoms with Crippen LogP contribution in [0.4, 0.5) is 5.82 Å². The fourth-order valence-corrected chi connectivity index (χ4v) is 1.82. The van der Waals surface area contributed by atoms with Gasteiger partial charge in [-0.15, -0.1) is 0 Å². The monoisotopic (exact) mass is 274 g/mol. The van der Waals surface area contributed by atoms with Crippen molar-refractivity contribution in [3.63, 3.8) is 0 Å². The van der Waals surface area contributed by atoms with E-state index in [4.69, 9.17) is 9.84 Å². The van der Waals surface area contributed by atoms with Gasteiger partial charge < -0.3 is 15.2 Å². The first-order valence-electron chi connectivity index (χ1n) is 6.35. The first-order valence-corrected chi connectivity index (χ1v) is 6.35. The van der Waals surface area contributed by atoms with Crippen molar-refractivity contribution in [1.29, 1.82) is 0 Å². The van der Waals surface area contributed by atoms with Crippen LogP contribution >= 0.6 is 0 Å². The third kappa shape index (κ3) is 3.05. The molecule has 0 saturated carbocycles. The van der Waals surface area contributed by atoms with Crippen LogP contribution in [0.15, 0.2) is 30.3 Å². The standard InChI is InChI=1S/C15H18N2O3/c1-15(2,20-3)9-16-13-8-7-10-11(14(18)19)5-4-6-12(10)17-13/h4-8H,9H2,1-3H3,(H,16,17)(H,18,19). The lowest BCUT2D eigenvalue weighted by Gasteiger charge is -2.23. The number of ether oxygens (including phenoxy) is 1. The molecule has 0 atom stereocenters. The molecule has 2 N–H and O–H groups in total. The second-order valence-corrected chi connectivity index (χ2v) is 5.19. The molecule has 106 valence electrons. The summed E-state index contributed by atoms with van der Waals surface area (Å²) in [4.78, 5) is 15.6. The Morgan fingerprint density at radius 1 is 1.35 bits per heavy atom. The molecule has 0 radical (unpaired) electrons. The average Bonchev–Trinajstić information content (AvgIpc) is 2.44. The quantitative estimate of drug-likeness (QED) is 0.877. The van der Waals surface area contributed by atoms with Gasteiger partial charge in [-0.2, -0.15) is 0 Å². The predicted molar refractivity (Wildman–Crippen MR) is 78.3 cm³/mol. The number of hydrogen-bond donors (Lipinski definition) is 2. The summed E-state index contributed by atoms with van der Waals surface area (Å²) in [7, 11) is 1.66. The largest absolute Gasteiger partial charge is 0.478 e. The maximum absolute atomic E-state index is 11.1. The predicted octanol–water partition coefficient (Wildman–Crippen LogP) is 2.77. The molecule has 0 fully saturated rings. The first kappa shape index (κ1) is 14.3. The number of carboxylic acid groups (broad SMARTS) is 1. The van der Waals surface area contributed by atoms with Gasteiger partial charge in [-0.3, -0.25) is 0 Å². The summed E-state index contributed by atoms with van der Waals surface area (Å²) in [6, 6.07) is 8.62. The molecule has 2 rings (SSSR count). The zero-order valence-corrected chi connectivity index (χ0v) is 11.8. The van der Waals surface area contributed by atoms with Crippen LogP contribution in [0.2, 0.25) is 0 Å². The minimum Gasteiger partial charge on any atom is -0.478 e. The number of aromatic nitrogens is 1. The molecule has 5 nitrogen and oxygen atoms in total. The minimum atomic E-state index is -0.946. The molecule has 0 aliphatic heterocycles. The van der Waals surface area contributed by atoms with Gasteiger partial charge in [0, 0.05) is 19.0 Å². The zero-order valence-electron chi connectivity index (χ0n) is 11.8. The van der Waals surface area contributed by atoms with Crippen molar-refractivity contribution in [2.24, 2.45) is 0 Å². The Bertz CT molecular complexity index is 638. The zero-order chi connectivity index (χ0) is 14.8. The summed E-state index contributed by atoms with van der Waals surface area (Å²) in [5, 5.41) is 13.0. The van der Waals surface area contributed by atoms with Crippen molar-refractivity contribution < 1.29 is 14.6 Å². The van der Waals surface area contributed by atoms with E-state index < -0.39 is 5.97 Å². The number of fused-ring (bicyclic) bond motifs is 1. The molecule has 0 unspecified atom stereocenters. The van der Waals surface area contributed by atoms with Crippen LogP contribution in [0.3, 0.4) is 0 Å². The molecular weight excluding hydrogens is 256 g/mol. The fourth-order valence-electron chi connectivity index (χ4n) is 1.82. The Morgan fingerprint density at radius 3 is 2.75 bits per heavy atom. The van der Waals surface area contributed by atoms with Gasteiger partial charge in [0.1, 0.15) is 5.82 Å². The number of pyridine rings is 1. The van der Waals surface area contributed by atoms with Crippen LogP contribution < -0.4 is 5.32 Å². The van der Waals surface area contributed by atoms with Crippen LogP contribution in [0.1, 0.15) is 24.2 Å². The van der Waals surface area contributed by atoms with E-state index in [2.05, 4.69) is 10.3 Å². The number of nitrogens with zero attached hydrogens (tertiary/aromatic N) is 1. The Labute approximate surface area is 117 Å². The van der Waals surface area contributed by atoms with Gasteiger partial charge >= 0.3 is 5.97 Å². The highest BCUT2D eigenvalue weighted by atomic mass is 16.5. The van der Waals surface area contributed by atoms with Crippen molar-refractivity contribution in [3.05, 3.63) is 35.9 Å². The summed E-state index contributed by atoms with van der Waals surface area (Å²) in [5.41, 5.74) is 0.628. The van der Waals surface area contributed by atoms with Crippen LogP contribution in [-0.2, 0) is 4.74 Å². The number of carboxylic acids is 1. The lowest BCUT2D eigenvalue weighted by Crippen LogP contribution is -2.32. The number of carbonyl (C=O) groups is 1. The molecule has 0 aliphatic carbocycles. The fraction of sp³-hybridized carbons (Fsp3) is 0.333. The topological polar surface area (TPSA) is 71.5 Å². The van der Waals surface area contributed by atoms with Crippen molar-refractivity contribution >= 4 is 22.7 Å². The molecule has 1 aromatic carbocycles.